The zero-order valence-corrected chi connectivity index (χ0v) is 13.6. The Morgan fingerprint density at radius 1 is 1.00 bits per heavy atom. The van der Waals surface area contributed by atoms with E-state index in [4.69, 9.17) is 0 Å². The summed E-state index contributed by atoms with van der Waals surface area (Å²) in [7, 11) is 0. The van der Waals surface area contributed by atoms with Crippen LogP contribution in [-0.4, -0.2) is 5.91 Å². The summed E-state index contributed by atoms with van der Waals surface area (Å²) in [4.78, 5) is 12.7. The van der Waals surface area contributed by atoms with Crippen molar-refractivity contribution in [3.63, 3.8) is 0 Å². The number of nitrogens with one attached hydrogen (secondary N) is 1. The van der Waals surface area contributed by atoms with E-state index in [0.717, 1.165) is 31.4 Å². The number of fused-ring (bicyclic) bond motifs is 3. The molecule has 2 aromatic carbocycles. The lowest BCUT2D eigenvalue weighted by molar-refractivity contribution is -0.124. The molecule has 1 N–H and O–H groups in total. The van der Waals surface area contributed by atoms with Crippen LogP contribution < -0.4 is 5.32 Å². The monoisotopic (exact) mass is 316 g/mol. The first-order chi connectivity index (χ1) is 11.7. The third kappa shape index (κ3) is 2.39. The molecule has 0 aliphatic heterocycles. The maximum absolute atomic E-state index is 12.7. The van der Waals surface area contributed by atoms with Crippen molar-refractivity contribution >= 4 is 11.6 Å². The summed E-state index contributed by atoms with van der Waals surface area (Å²) in [6.45, 7) is 0. The molecule has 120 valence electrons. The summed E-state index contributed by atoms with van der Waals surface area (Å²) in [5.41, 5.74) is 5.05. The van der Waals surface area contributed by atoms with Gasteiger partial charge < -0.3 is 5.32 Å². The topological polar surface area (TPSA) is 52.9 Å². The summed E-state index contributed by atoms with van der Waals surface area (Å²) in [5.74, 6) is -0.139. The van der Waals surface area contributed by atoms with Crippen LogP contribution in [0.2, 0.25) is 0 Å². The van der Waals surface area contributed by atoms with Gasteiger partial charge >= 0.3 is 0 Å². The van der Waals surface area contributed by atoms with Crippen molar-refractivity contribution < 1.29 is 4.79 Å². The molecule has 0 aromatic heterocycles. The van der Waals surface area contributed by atoms with Crippen molar-refractivity contribution in [3.05, 3.63) is 53.6 Å². The summed E-state index contributed by atoms with van der Waals surface area (Å²) < 4.78 is 0. The number of rotatable bonds is 2. The lowest BCUT2D eigenvalue weighted by Gasteiger charge is -2.29. The molecule has 1 fully saturated rings. The highest BCUT2D eigenvalue weighted by Gasteiger charge is 2.39. The van der Waals surface area contributed by atoms with Crippen molar-refractivity contribution in [3.8, 4) is 17.2 Å². The second kappa shape index (κ2) is 5.79. The smallest absolute Gasteiger partial charge is 0.244 e. The minimum absolute atomic E-state index is 0.139. The van der Waals surface area contributed by atoms with Crippen LogP contribution in [0.5, 0.6) is 0 Å². The molecule has 2 aliphatic rings. The molecule has 0 bridgehead atoms. The first-order valence-corrected chi connectivity index (χ1v) is 8.66. The highest BCUT2D eigenvalue weighted by Crippen LogP contribution is 2.39. The van der Waals surface area contributed by atoms with Crippen LogP contribution in [0.1, 0.15) is 43.2 Å². The maximum atomic E-state index is 12.7. The standard InChI is InChI=1S/C21H20N2O/c22-14-21(10-4-1-5-11-21)20(24)23-17-8-9-19-16(13-17)12-15-6-2-3-7-18(15)19/h2-3,6-9,13H,1,4-5,10-12H2,(H,23,24). The van der Waals surface area contributed by atoms with Crippen LogP contribution in [0.25, 0.3) is 11.1 Å². The highest BCUT2D eigenvalue weighted by molar-refractivity contribution is 5.97. The van der Waals surface area contributed by atoms with Crippen LogP contribution in [0.4, 0.5) is 5.69 Å². The molecular weight excluding hydrogens is 296 g/mol. The number of nitrogens with zero attached hydrogens (tertiary/aromatic N) is 1. The molecule has 0 unspecified atom stereocenters. The summed E-state index contributed by atoms with van der Waals surface area (Å²) in [6.07, 6.45) is 5.28. The quantitative estimate of drug-likeness (QED) is 0.747. The Kier molecular flexibility index (Phi) is 3.61. The van der Waals surface area contributed by atoms with Gasteiger partial charge in [0.1, 0.15) is 5.41 Å². The number of amides is 1. The second-order valence-corrected chi connectivity index (χ2v) is 6.91. The van der Waals surface area contributed by atoms with Gasteiger partial charge in [0.05, 0.1) is 6.07 Å². The van der Waals surface area contributed by atoms with Crippen LogP contribution in [0, 0.1) is 16.7 Å². The number of nitriles is 1. The minimum atomic E-state index is -0.847. The number of hydrogen-bond donors (Lipinski definition) is 1. The molecule has 3 nitrogen and oxygen atoms in total. The second-order valence-electron chi connectivity index (χ2n) is 6.91. The van der Waals surface area contributed by atoms with Crippen molar-refractivity contribution in [2.75, 3.05) is 5.32 Å². The van der Waals surface area contributed by atoms with Crippen LogP contribution >= 0.6 is 0 Å². The number of anilines is 1. The fourth-order valence-corrected chi connectivity index (χ4v) is 4.02. The average molecular weight is 316 g/mol. The molecular formula is C21H20N2O. The maximum Gasteiger partial charge on any atom is 0.244 e. The van der Waals surface area contributed by atoms with E-state index < -0.39 is 5.41 Å². The minimum Gasteiger partial charge on any atom is -0.325 e. The number of carbonyl (C=O) groups excluding carboxylic acids is 1. The molecule has 0 heterocycles. The summed E-state index contributed by atoms with van der Waals surface area (Å²) >= 11 is 0. The molecule has 2 aliphatic carbocycles. The van der Waals surface area contributed by atoms with Crippen LogP contribution in [0.15, 0.2) is 42.5 Å². The van der Waals surface area contributed by atoms with Crippen molar-refractivity contribution in [1.29, 1.82) is 5.26 Å². The molecule has 24 heavy (non-hydrogen) atoms. The van der Waals surface area contributed by atoms with Gasteiger partial charge in [0, 0.05) is 5.69 Å². The van der Waals surface area contributed by atoms with Gasteiger partial charge in [-0.1, -0.05) is 49.6 Å². The zero-order chi connectivity index (χ0) is 16.6. The van der Waals surface area contributed by atoms with E-state index in [1.165, 1.54) is 22.3 Å². The fraction of sp³-hybridized carbons (Fsp3) is 0.333. The average Bonchev–Trinajstić information content (AvgIpc) is 3.00. The fourth-order valence-electron chi connectivity index (χ4n) is 4.02. The van der Waals surface area contributed by atoms with E-state index in [1.54, 1.807) is 0 Å². The molecule has 0 saturated heterocycles. The zero-order valence-electron chi connectivity index (χ0n) is 13.6. The Bertz CT molecular complexity index is 841. The van der Waals surface area contributed by atoms with Gasteiger partial charge in [-0.05, 0) is 53.6 Å². The Balaban J connectivity index is 1.58. The Morgan fingerprint density at radius 2 is 1.75 bits per heavy atom. The van der Waals surface area contributed by atoms with E-state index in [9.17, 15) is 10.1 Å². The SMILES string of the molecule is N#CC1(C(=O)Nc2ccc3c(c2)Cc2ccccc2-3)CCCCC1. The number of hydrogen-bond acceptors (Lipinski definition) is 2. The predicted octanol–water partition coefficient (Wildman–Crippen LogP) is 4.67. The third-order valence-electron chi connectivity index (χ3n) is 5.41. The number of benzene rings is 2. The molecule has 1 saturated carbocycles. The van der Waals surface area contributed by atoms with Gasteiger partial charge in [0.2, 0.25) is 5.91 Å². The lowest BCUT2D eigenvalue weighted by Crippen LogP contribution is -2.36. The number of carbonyl (C=O) groups is 1. The Morgan fingerprint density at radius 3 is 2.54 bits per heavy atom. The van der Waals surface area contributed by atoms with E-state index in [-0.39, 0.29) is 5.91 Å². The summed E-state index contributed by atoms with van der Waals surface area (Å²) in [6, 6.07) is 16.8. The highest BCUT2D eigenvalue weighted by atomic mass is 16.2. The third-order valence-corrected chi connectivity index (χ3v) is 5.41. The molecule has 1 amide bonds. The Hall–Kier alpha value is -2.60. The normalized spacial score (nSPS) is 17.5. The Labute approximate surface area is 142 Å². The largest absolute Gasteiger partial charge is 0.325 e. The van der Waals surface area contributed by atoms with Gasteiger partial charge in [-0.25, -0.2) is 0 Å². The molecule has 3 heteroatoms. The molecule has 2 aromatic rings. The van der Waals surface area contributed by atoms with Crippen LogP contribution in [-0.2, 0) is 11.2 Å². The first-order valence-electron chi connectivity index (χ1n) is 8.66. The predicted molar refractivity (Wildman–Crippen MR) is 94.4 cm³/mol. The van der Waals surface area contributed by atoms with E-state index >= 15 is 0 Å². The molecule has 4 rings (SSSR count). The van der Waals surface area contributed by atoms with Crippen LogP contribution in [0.3, 0.4) is 0 Å². The van der Waals surface area contributed by atoms with Gasteiger partial charge in [-0.2, -0.15) is 5.26 Å². The van der Waals surface area contributed by atoms with E-state index in [0.29, 0.717) is 12.8 Å². The van der Waals surface area contributed by atoms with Crippen molar-refractivity contribution in [2.45, 2.75) is 38.5 Å². The van der Waals surface area contributed by atoms with Gasteiger partial charge in [-0.15, -0.1) is 0 Å². The van der Waals surface area contributed by atoms with Crippen molar-refractivity contribution in [1.82, 2.24) is 0 Å². The lowest BCUT2D eigenvalue weighted by atomic mass is 9.74. The van der Waals surface area contributed by atoms with Gasteiger partial charge in [-0.3, -0.25) is 4.79 Å². The molecule has 0 spiro atoms. The first kappa shape index (κ1) is 15.0. The van der Waals surface area contributed by atoms with E-state index in [2.05, 4.69) is 47.8 Å². The van der Waals surface area contributed by atoms with Crippen molar-refractivity contribution in [2.24, 2.45) is 5.41 Å². The van der Waals surface area contributed by atoms with E-state index in [1.807, 2.05) is 6.07 Å². The molecule has 0 radical (unpaired) electrons. The molecule has 0 atom stereocenters. The summed E-state index contributed by atoms with van der Waals surface area (Å²) in [5, 5.41) is 12.6. The van der Waals surface area contributed by atoms with Gasteiger partial charge in [0.25, 0.3) is 0 Å². The van der Waals surface area contributed by atoms with Gasteiger partial charge in [0.15, 0.2) is 0 Å².